The van der Waals surface area contributed by atoms with Gasteiger partial charge in [-0.05, 0) is 25.5 Å². The van der Waals surface area contributed by atoms with Crippen molar-refractivity contribution in [2.24, 2.45) is 0 Å². The van der Waals surface area contributed by atoms with Gasteiger partial charge in [-0.3, -0.25) is 0 Å². The van der Waals surface area contributed by atoms with Crippen LogP contribution in [0.1, 0.15) is 13.3 Å². The molecule has 0 heterocycles. The van der Waals surface area contributed by atoms with E-state index in [0.717, 1.165) is 0 Å². The van der Waals surface area contributed by atoms with Gasteiger partial charge in [0.25, 0.3) is 0 Å². The van der Waals surface area contributed by atoms with Crippen molar-refractivity contribution in [3.8, 4) is 0 Å². The smallest absolute Gasteiger partial charge is 0.207 e. The van der Waals surface area contributed by atoms with E-state index in [2.05, 4.69) is 15.9 Å². The molecule has 19 heavy (non-hydrogen) atoms. The summed E-state index contributed by atoms with van der Waals surface area (Å²) in [5.41, 5.74) is 0. The summed E-state index contributed by atoms with van der Waals surface area (Å²) in [7, 11) is -2.25. The lowest BCUT2D eigenvalue weighted by Crippen LogP contribution is -2.29. The summed E-state index contributed by atoms with van der Waals surface area (Å²) >= 11 is 21.0. The fourth-order valence-corrected chi connectivity index (χ4v) is 4.57. The van der Waals surface area contributed by atoms with Crippen LogP contribution in [0, 0.1) is 0 Å². The third-order valence-electron chi connectivity index (χ3n) is 2.47. The lowest BCUT2D eigenvalue weighted by atomic mass is 10.3. The highest BCUT2D eigenvalue weighted by molar-refractivity contribution is 9.10. The van der Waals surface area contributed by atoms with Gasteiger partial charge in [0.2, 0.25) is 10.0 Å². The summed E-state index contributed by atoms with van der Waals surface area (Å²) in [5, 5.41) is 0.0730. The molecule has 0 fully saturated rings. The second-order valence-corrected chi connectivity index (χ2v) is 8.55. The Morgan fingerprint density at radius 1 is 1.32 bits per heavy atom. The molecular weight excluding hydrogens is 396 g/mol. The minimum atomic E-state index is -3.72. The summed E-state index contributed by atoms with van der Waals surface area (Å²) in [6.45, 7) is 2.11. The Balaban J connectivity index is 3.14. The van der Waals surface area contributed by atoms with Crippen molar-refractivity contribution in [3.05, 3.63) is 26.7 Å². The van der Waals surface area contributed by atoms with Gasteiger partial charge >= 0.3 is 0 Å². The molecule has 0 saturated heterocycles. The lowest BCUT2D eigenvalue weighted by Gasteiger charge is -2.19. The van der Waals surface area contributed by atoms with Gasteiger partial charge in [-0.2, -0.15) is 0 Å². The van der Waals surface area contributed by atoms with E-state index >= 15 is 0 Å². The normalized spacial score (nSPS) is 13.8. The number of halogens is 4. The average Bonchev–Trinajstić information content (AvgIpc) is 2.23. The highest BCUT2D eigenvalue weighted by atomic mass is 79.9. The molecule has 1 aromatic rings. The molecule has 1 atom stereocenters. The van der Waals surface area contributed by atoms with E-state index in [1.165, 1.54) is 23.5 Å². The molecule has 0 N–H and O–H groups in total. The molecule has 1 aromatic carbocycles. The number of benzene rings is 1. The molecule has 0 amide bonds. The van der Waals surface area contributed by atoms with Gasteiger partial charge in [0.15, 0.2) is 0 Å². The molecule has 0 radical (unpaired) electrons. The molecule has 8 heteroatoms. The standard InChI is InChI=1S/C11H13BrCl3NO2S/c1-7(13)3-4-16(2)19(17,18)11-9(14)5-8(12)6-10(11)15/h5-7H,3-4H2,1-2H3. The van der Waals surface area contributed by atoms with Gasteiger partial charge in [-0.1, -0.05) is 39.1 Å². The van der Waals surface area contributed by atoms with Crippen molar-refractivity contribution < 1.29 is 8.42 Å². The summed E-state index contributed by atoms with van der Waals surface area (Å²) in [6, 6.07) is 3.00. The topological polar surface area (TPSA) is 37.4 Å². The highest BCUT2D eigenvalue weighted by Crippen LogP contribution is 2.34. The van der Waals surface area contributed by atoms with Gasteiger partial charge in [0.05, 0.1) is 10.0 Å². The van der Waals surface area contributed by atoms with Crippen molar-refractivity contribution in [2.75, 3.05) is 13.6 Å². The van der Waals surface area contributed by atoms with Gasteiger partial charge in [-0.15, -0.1) is 11.6 Å². The summed E-state index contributed by atoms with van der Waals surface area (Å²) < 4.78 is 26.6. The Bertz CT molecular complexity index is 540. The molecule has 0 bridgehead atoms. The molecule has 0 spiro atoms. The summed E-state index contributed by atoms with van der Waals surface area (Å²) in [5.74, 6) is 0. The lowest BCUT2D eigenvalue weighted by molar-refractivity contribution is 0.460. The molecule has 0 aromatic heterocycles. The first-order valence-electron chi connectivity index (χ1n) is 5.41. The Morgan fingerprint density at radius 2 is 1.79 bits per heavy atom. The molecule has 0 aliphatic carbocycles. The molecule has 3 nitrogen and oxygen atoms in total. The number of nitrogens with zero attached hydrogens (tertiary/aromatic N) is 1. The summed E-state index contributed by atoms with van der Waals surface area (Å²) in [6.07, 6.45) is 0.545. The minimum absolute atomic E-state index is 0.0799. The Hall–Kier alpha value is 0.480. The zero-order chi connectivity index (χ0) is 14.8. The molecule has 1 unspecified atom stereocenters. The van der Waals surface area contributed by atoms with Crippen LogP contribution < -0.4 is 0 Å². The van der Waals surface area contributed by atoms with Crippen LogP contribution in [0.5, 0.6) is 0 Å². The van der Waals surface area contributed by atoms with Gasteiger partial charge in [-0.25, -0.2) is 12.7 Å². The van der Waals surface area contributed by atoms with Crippen molar-refractivity contribution in [3.63, 3.8) is 0 Å². The van der Waals surface area contributed by atoms with Crippen molar-refractivity contribution >= 4 is 60.8 Å². The molecule has 0 aliphatic heterocycles. The first-order valence-corrected chi connectivity index (χ1v) is 8.83. The molecule has 0 aliphatic rings. The number of hydrogen-bond acceptors (Lipinski definition) is 2. The summed E-state index contributed by atoms with van der Waals surface area (Å²) in [4.78, 5) is -0.0799. The maximum Gasteiger partial charge on any atom is 0.245 e. The first-order chi connectivity index (χ1) is 8.66. The molecule has 108 valence electrons. The first kappa shape index (κ1) is 17.5. The minimum Gasteiger partial charge on any atom is -0.207 e. The van der Waals surface area contributed by atoms with Crippen molar-refractivity contribution in [2.45, 2.75) is 23.6 Å². The van der Waals surface area contributed by atoms with Crippen LogP contribution in [-0.4, -0.2) is 31.7 Å². The fraction of sp³-hybridized carbons (Fsp3) is 0.455. The third kappa shape index (κ3) is 4.48. The predicted molar refractivity (Wildman–Crippen MR) is 83.9 cm³/mol. The maximum atomic E-state index is 12.4. The Kier molecular flexibility index (Phi) is 6.42. The van der Waals surface area contributed by atoms with Crippen molar-refractivity contribution in [1.29, 1.82) is 0 Å². The number of sulfonamides is 1. The van der Waals surface area contributed by atoms with Crippen LogP contribution >= 0.6 is 50.7 Å². The van der Waals surface area contributed by atoms with Crippen molar-refractivity contribution in [1.82, 2.24) is 4.31 Å². The highest BCUT2D eigenvalue weighted by Gasteiger charge is 2.26. The van der Waals surface area contributed by atoms with Gasteiger partial charge in [0.1, 0.15) is 4.90 Å². The molecular formula is C11H13BrCl3NO2S. The zero-order valence-corrected chi connectivity index (χ0v) is 15.0. The SMILES string of the molecule is CC(Cl)CCN(C)S(=O)(=O)c1c(Cl)cc(Br)cc1Cl. The van der Waals surface area contributed by atoms with E-state index in [9.17, 15) is 8.42 Å². The number of rotatable bonds is 5. The molecule has 0 saturated carbocycles. The largest absolute Gasteiger partial charge is 0.245 e. The van der Waals surface area contributed by atoms with Crippen LogP contribution in [0.4, 0.5) is 0 Å². The fourth-order valence-electron chi connectivity index (χ4n) is 1.41. The molecule has 1 rings (SSSR count). The van der Waals surface area contributed by atoms with Crippen LogP contribution in [0.15, 0.2) is 21.5 Å². The second-order valence-electron chi connectivity index (χ2n) is 4.09. The van der Waals surface area contributed by atoms with Crippen LogP contribution in [0.25, 0.3) is 0 Å². The van der Waals surface area contributed by atoms with E-state index < -0.39 is 10.0 Å². The zero-order valence-electron chi connectivity index (χ0n) is 10.3. The van der Waals surface area contributed by atoms with E-state index in [-0.39, 0.29) is 20.3 Å². The predicted octanol–water partition coefficient (Wildman–Crippen LogP) is 4.39. The van der Waals surface area contributed by atoms with E-state index in [1.807, 2.05) is 6.92 Å². The second kappa shape index (κ2) is 6.96. The quantitative estimate of drug-likeness (QED) is 0.676. The van der Waals surface area contributed by atoms with Gasteiger partial charge in [0, 0.05) is 23.4 Å². The average molecular weight is 410 g/mol. The number of alkyl halides is 1. The number of hydrogen-bond donors (Lipinski definition) is 0. The van der Waals surface area contributed by atoms with E-state index in [4.69, 9.17) is 34.8 Å². The Morgan fingerprint density at radius 3 is 2.21 bits per heavy atom. The third-order valence-corrected chi connectivity index (χ3v) is 5.93. The van der Waals surface area contributed by atoms with Crippen LogP contribution in [0.3, 0.4) is 0 Å². The van der Waals surface area contributed by atoms with Crippen LogP contribution in [-0.2, 0) is 10.0 Å². The van der Waals surface area contributed by atoms with Crippen LogP contribution in [0.2, 0.25) is 10.0 Å². The van der Waals surface area contributed by atoms with E-state index in [1.54, 1.807) is 0 Å². The maximum absolute atomic E-state index is 12.4. The van der Waals surface area contributed by atoms with E-state index in [0.29, 0.717) is 17.4 Å². The Labute approximate surface area is 137 Å². The monoisotopic (exact) mass is 407 g/mol. The van der Waals surface area contributed by atoms with Gasteiger partial charge < -0.3 is 0 Å².